The van der Waals surface area contributed by atoms with Crippen LogP contribution in [0.25, 0.3) is 0 Å². The van der Waals surface area contributed by atoms with Gasteiger partial charge in [-0.2, -0.15) is 0 Å². The summed E-state index contributed by atoms with van der Waals surface area (Å²) in [6.45, 7) is 2.79. The van der Waals surface area contributed by atoms with Crippen molar-refractivity contribution >= 4 is 33.2 Å². The number of carbonyl (C=O) groups excluding carboxylic acids is 1. The normalized spacial score (nSPS) is 11.0. The van der Waals surface area contributed by atoms with Gasteiger partial charge in [-0.25, -0.2) is 13.2 Å². The summed E-state index contributed by atoms with van der Waals surface area (Å²) < 4.78 is 31.3. The maximum Gasteiger partial charge on any atom is 0.319 e. The maximum absolute atomic E-state index is 12.9. The first-order chi connectivity index (χ1) is 14.9. The van der Waals surface area contributed by atoms with Crippen molar-refractivity contribution < 1.29 is 17.9 Å². The van der Waals surface area contributed by atoms with Crippen molar-refractivity contribution in [2.45, 2.75) is 29.7 Å². The number of nitrogens with zero attached hydrogens (tertiary/aromatic N) is 1. The largest absolute Gasteiger partial charge is 0.492 e. The van der Waals surface area contributed by atoms with E-state index in [1.165, 1.54) is 36.4 Å². The minimum absolute atomic E-state index is 0.0660. The Kier molecular flexibility index (Phi) is 7.49. The molecule has 2 N–H and O–H groups in total. The molecule has 9 heteroatoms. The summed E-state index contributed by atoms with van der Waals surface area (Å²) in [5, 5.41) is 5.61. The highest BCUT2D eigenvalue weighted by Crippen LogP contribution is 2.30. The lowest BCUT2D eigenvalue weighted by Crippen LogP contribution is -2.28. The molecule has 3 aromatic rings. The second-order valence-corrected chi connectivity index (χ2v) is 8.99. The molecule has 2 amide bonds. The van der Waals surface area contributed by atoms with Crippen LogP contribution in [-0.4, -0.2) is 26.0 Å². The predicted octanol–water partition coefficient (Wildman–Crippen LogP) is 4.68. The molecule has 3 rings (SSSR count). The minimum atomic E-state index is -3.77. The molecule has 31 heavy (non-hydrogen) atoms. The van der Waals surface area contributed by atoms with Crippen molar-refractivity contribution in [3.05, 3.63) is 77.6 Å². The Balaban J connectivity index is 1.65. The number of benzene rings is 2. The first kappa shape index (κ1) is 22.6. The number of urea groups is 1. The van der Waals surface area contributed by atoms with Crippen molar-refractivity contribution in [2.75, 3.05) is 11.9 Å². The van der Waals surface area contributed by atoms with Crippen LogP contribution in [0.15, 0.2) is 76.8 Å². The molecule has 0 bridgehead atoms. The zero-order valence-corrected chi connectivity index (χ0v) is 18.4. The molecule has 0 saturated heterocycles. The Hall–Kier alpha value is -3.10. The Morgan fingerprint density at radius 2 is 1.84 bits per heavy atom. The van der Waals surface area contributed by atoms with Gasteiger partial charge in [0.25, 0.3) is 0 Å². The number of rotatable bonds is 8. The summed E-state index contributed by atoms with van der Waals surface area (Å²) in [5.41, 5.74) is 1.33. The molecular weight excluding hydrogens is 438 g/mol. The van der Waals surface area contributed by atoms with E-state index in [1.54, 1.807) is 24.5 Å². The van der Waals surface area contributed by atoms with Gasteiger partial charge in [0.1, 0.15) is 5.75 Å². The van der Waals surface area contributed by atoms with Gasteiger partial charge in [-0.15, -0.1) is 0 Å². The standard InChI is InChI=1S/C22H22ClN3O4S/c1-2-12-30-21-10-9-19(13-20(21)23)31(28,29)18-7-5-17(6-8-18)26-22(27)25-15-16-4-3-11-24-14-16/h3-11,13-14H,2,12,15H2,1H3,(H2,25,26,27). The molecule has 0 spiro atoms. The molecule has 0 radical (unpaired) electrons. The van der Waals surface area contributed by atoms with E-state index in [2.05, 4.69) is 15.6 Å². The zero-order valence-electron chi connectivity index (χ0n) is 16.8. The number of aromatic nitrogens is 1. The predicted molar refractivity (Wildman–Crippen MR) is 119 cm³/mol. The van der Waals surface area contributed by atoms with Crippen LogP contribution in [0.4, 0.5) is 10.5 Å². The van der Waals surface area contributed by atoms with Gasteiger partial charge in [0.05, 0.1) is 21.4 Å². The Morgan fingerprint density at radius 3 is 2.48 bits per heavy atom. The van der Waals surface area contributed by atoms with E-state index in [-0.39, 0.29) is 14.8 Å². The number of pyridine rings is 1. The third-order valence-corrected chi connectivity index (χ3v) is 6.34. The van der Waals surface area contributed by atoms with Crippen LogP contribution < -0.4 is 15.4 Å². The summed E-state index contributed by atoms with van der Waals surface area (Å²) >= 11 is 6.17. The van der Waals surface area contributed by atoms with Crippen LogP contribution in [0.3, 0.4) is 0 Å². The summed E-state index contributed by atoms with van der Waals surface area (Å²) in [5.74, 6) is 0.444. The molecule has 7 nitrogen and oxygen atoms in total. The van der Waals surface area contributed by atoms with E-state index in [0.717, 1.165) is 12.0 Å². The van der Waals surface area contributed by atoms with Gasteiger partial charge in [0.2, 0.25) is 9.84 Å². The SMILES string of the molecule is CCCOc1ccc(S(=O)(=O)c2ccc(NC(=O)NCc3cccnc3)cc2)cc1Cl. The van der Waals surface area contributed by atoms with E-state index in [0.29, 0.717) is 24.6 Å². The quantitative estimate of drug-likeness (QED) is 0.509. The second-order valence-electron chi connectivity index (χ2n) is 6.64. The molecule has 0 aliphatic carbocycles. The van der Waals surface area contributed by atoms with Crippen LogP contribution in [0, 0.1) is 0 Å². The topological polar surface area (TPSA) is 97.4 Å². The van der Waals surface area contributed by atoms with Gasteiger partial charge in [-0.1, -0.05) is 24.6 Å². The number of nitrogens with one attached hydrogen (secondary N) is 2. The van der Waals surface area contributed by atoms with E-state index >= 15 is 0 Å². The van der Waals surface area contributed by atoms with Crippen LogP contribution in [0.5, 0.6) is 5.75 Å². The van der Waals surface area contributed by atoms with Crippen molar-refractivity contribution in [3.8, 4) is 5.75 Å². The summed E-state index contributed by atoms with van der Waals surface area (Å²) in [7, 11) is -3.77. The molecular formula is C22H22ClN3O4S. The third-order valence-electron chi connectivity index (χ3n) is 4.27. The monoisotopic (exact) mass is 459 g/mol. The summed E-state index contributed by atoms with van der Waals surface area (Å²) in [6, 6.07) is 13.5. The Morgan fingerprint density at radius 1 is 1.10 bits per heavy atom. The fourth-order valence-electron chi connectivity index (χ4n) is 2.69. The molecule has 1 heterocycles. The van der Waals surface area contributed by atoms with Crippen LogP contribution in [0.2, 0.25) is 5.02 Å². The number of carbonyl (C=O) groups is 1. The average molecular weight is 460 g/mol. The van der Waals surface area contributed by atoms with Gasteiger partial charge in [0.15, 0.2) is 0 Å². The molecule has 0 aliphatic heterocycles. The number of hydrogen-bond acceptors (Lipinski definition) is 5. The van der Waals surface area contributed by atoms with Crippen molar-refractivity contribution in [2.24, 2.45) is 0 Å². The summed E-state index contributed by atoms with van der Waals surface area (Å²) in [6.07, 6.45) is 4.13. The summed E-state index contributed by atoms with van der Waals surface area (Å²) in [4.78, 5) is 16.2. The third kappa shape index (κ3) is 5.96. The smallest absolute Gasteiger partial charge is 0.319 e. The van der Waals surface area contributed by atoms with E-state index in [1.807, 2.05) is 13.0 Å². The first-order valence-electron chi connectivity index (χ1n) is 9.61. The Bertz CT molecular complexity index is 1140. The first-order valence-corrected chi connectivity index (χ1v) is 11.5. The number of ether oxygens (including phenoxy) is 1. The van der Waals surface area contributed by atoms with Crippen molar-refractivity contribution in [1.82, 2.24) is 10.3 Å². The molecule has 1 aromatic heterocycles. The molecule has 0 atom stereocenters. The lowest BCUT2D eigenvalue weighted by Gasteiger charge is -2.11. The number of amides is 2. The van der Waals surface area contributed by atoms with E-state index in [4.69, 9.17) is 16.3 Å². The van der Waals surface area contributed by atoms with Crippen molar-refractivity contribution in [1.29, 1.82) is 0 Å². The number of sulfone groups is 1. The minimum Gasteiger partial charge on any atom is -0.492 e. The van der Waals surface area contributed by atoms with Gasteiger partial charge in [-0.3, -0.25) is 4.98 Å². The highest BCUT2D eigenvalue weighted by atomic mass is 35.5. The zero-order chi connectivity index (χ0) is 22.3. The molecule has 0 fully saturated rings. The number of halogens is 1. The van der Waals surface area contributed by atoms with Crippen LogP contribution in [-0.2, 0) is 16.4 Å². The lowest BCUT2D eigenvalue weighted by molar-refractivity contribution is 0.251. The van der Waals surface area contributed by atoms with Gasteiger partial charge in [-0.05, 0) is 60.5 Å². The van der Waals surface area contributed by atoms with Gasteiger partial charge in [0, 0.05) is 24.6 Å². The average Bonchev–Trinajstić information content (AvgIpc) is 2.78. The molecule has 162 valence electrons. The highest BCUT2D eigenvalue weighted by molar-refractivity contribution is 7.91. The van der Waals surface area contributed by atoms with Gasteiger partial charge >= 0.3 is 6.03 Å². The van der Waals surface area contributed by atoms with Crippen LogP contribution in [0.1, 0.15) is 18.9 Å². The molecule has 0 unspecified atom stereocenters. The molecule has 0 aliphatic rings. The molecule has 0 saturated carbocycles. The second kappa shape index (κ2) is 10.3. The fourth-order valence-corrected chi connectivity index (χ4v) is 4.28. The highest BCUT2D eigenvalue weighted by Gasteiger charge is 2.19. The molecule has 2 aromatic carbocycles. The fraction of sp³-hybridized carbons (Fsp3) is 0.182. The lowest BCUT2D eigenvalue weighted by atomic mass is 10.3. The number of hydrogen-bond donors (Lipinski definition) is 2. The van der Waals surface area contributed by atoms with E-state index in [9.17, 15) is 13.2 Å². The Labute approximate surface area is 186 Å². The van der Waals surface area contributed by atoms with E-state index < -0.39 is 15.9 Å². The number of anilines is 1. The maximum atomic E-state index is 12.9. The van der Waals surface area contributed by atoms with Gasteiger partial charge < -0.3 is 15.4 Å². The van der Waals surface area contributed by atoms with Crippen molar-refractivity contribution in [3.63, 3.8) is 0 Å². The van der Waals surface area contributed by atoms with Crippen LogP contribution >= 0.6 is 11.6 Å².